The van der Waals surface area contributed by atoms with Gasteiger partial charge in [0.2, 0.25) is 0 Å². The third-order valence-corrected chi connectivity index (χ3v) is 4.50. The third kappa shape index (κ3) is 3.36. The van der Waals surface area contributed by atoms with Gasteiger partial charge in [0.05, 0.1) is 0 Å². The first-order valence-electron chi connectivity index (χ1n) is 3.99. The molecule has 0 bridgehead atoms. The van der Waals surface area contributed by atoms with Crippen molar-refractivity contribution in [2.24, 2.45) is 0 Å². The standard InChI is InChI=1S/C8H11.2CH3.Pd/c1-2-4-6-8-7-5-3-1;;;/h1-2,7H,3-6H2;2*1H3;. The molecule has 0 heterocycles. The molecule has 0 aliphatic heterocycles. The summed E-state index contributed by atoms with van der Waals surface area (Å²) in [6.45, 7) is 0. The van der Waals surface area contributed by atoms with Crippen LogP contribution in [0.2, 0.25) is 10.8 Å². The molecule has 0 saturated heterocycles. The first-order chi connectivity index (χ1) is 5.30. The van der Waals surface area contributed by atoms with Crippen molar-refractivity contribution in [1.82, 2.24) is 0 Å². The molecule has 1 aliphatic carbocycles. The summed E-state index contributed by atoms with van der Waals surface area (Å²) in [4.78, 5) is 0. The summed E-state index contributed by atoms with van der Waals surface area (Å²) in [6, 6.07) is 0. The Morgan fingerprint density at radius 3 is 2.55 bits per heavy atom. The molecule has 0 saturated carbocycles. The average Bonchev–Trinajstić information content (AvgIpc) is 1.84. The SMILES string of the molecule is [CH3][Pd]([CH3])[C]1=CCCC=CCC1. The summed E-state index contributed by atoms with van der Waals surface area (Å²) in [5.74, 6) is 0. The van der Waals surface area contributed by atoms with Crippen molar-refractivity contribution in [2.75, 3.05) is 0 Å². The van der Waals surface area contributed by atoms with Crippen LogP contribution in [0.15, 0.2) is 22.3 Å². The third-order valence-electron chi connectivity index (χ3n) is 1.79. The zero-order valence-electron chi connectivity index (χ0n) is 7.38. The summed E-state index contributed by atoms with van der Waals surface area (Å²) in [6.07, 6.45) is 12.2. The van der Waals surface area contributed by atoms with Crippen molar-refractivity contribution in [1.29, 1.82) is 0 Å². The summed E-state index contributed by atoms with van der Waals surface area (Å²) in [5, 5.41) is 4.81. The van der Waals surface area contributed by atoms with Gasteiger partial charge in [-0.25, -0.2) is 0 Å². The Bertz CT molecular complexity index is 166. The van der Waals surface area contributed by atoms with E-state index in [1.54, 1.807) is 4.05 Å². The monoisotopic (exact) mass is 243 g/mol. The normalized spacial score (nSPS) is 20.2. The first kappa shape index (κ1) is 9.23. The van der Waals surface area contributed by atoms with Crippen LogP contribution < -0.4 is 0 Å². The molecule has 0 fully saturated rings. The molecule has 0 unspecified atom stereocenters. The van der Waals surface area contributed by atoms with Crippen molar-refractivity contribution in [3.8, 4) is 0 Å². The molecule has 1 heteroatoms. The second-order valence-electron chi connectivity index (χ2n) is 2.83. The number of allylic oxidation sites excluding steroid dienone is 4. The Morgan fingerprint density at radius 2 is 1.82 bits per heavy atom. The number of hydrogen-bond donors (Lipinski definition) is 0. The molecule has 11 heavy (non-hydrogen) atoms. The Kier molecular flexibility index (Phi) is 4.12. The zero-order valence-corrected chi connectivity index (χ0v) is 8.93. The molecule has 0 amide bonds. The zero-order chi connectivity index (χ0) is 8.10. The van der Waals surface area contributed by atoms with Crippen LogP contribution >= 0.6 is 0 Å². The number of rotatable bonds is 1. The van der Waals surface area contributed by atoms with Gasteiger partial charge in [-0.15, -0.1) is 0 Å². The van der Waals surface area contributed by atoms with E-state index >= 15 is 0 Å². The molecule has 0 nitrogen and oxygen atoms in total. The molecule has 1 aliphatic rings. The molecule has 0 atom stereocenters. The van der Waals surface area contributed by atoms with Gasteiger partial charge in [0.25, 0.3) is 0 Å². The van der Waals surface area contributed by atoms with E-state index in [-0.39, 0.29) is 16.8 Å². The topological polar surface area (TPSA) is 0 Å². The Hall–Kier alpha value is 0.142. The van der Waals surface area contributed by atoms with E-state index in [0.29, 0.717) is 0 Å². The molecular formula is C10H17Pd. The molecular weight excluding hydrogens is 227 g/mol. The van der Waals surface area contributed by atoms with Crippen LogP contribution in [-0.2, 0) is 16.8 Å². The van der Waals surface area contributed by atoms with E-state index in [0.717, 1.165) is 0 Å². The van der Waals surface area contributed by atoms with E-state index < -0.39 is 0 Å². The molecule has 67 valence electrons. The van der Waals surface area contributed by atoms with E-state index in [4.69, 9.17) is 0 Å². The molecule has 0 aromatic rings. The maximum absolute atomic E-state index is 2.48. The van der Waals surface area contributed by atoms with Gasteiger partial charge in [-0.2, -0.15) is 0 Å². The van der Waals surface area contributed by atoms with E-state index in [1.807, 2.05) is 0 Å². The fraction of sp³-hybridized carbons (Fsp3) is 0.600. The van der Waals surface area contributed by atoms with Gasteiger partial charge < -0.3 is 0 Å². The molecule has 1 rings (SSSR count). The average molecular weight is 244 g/mol. The molecule has 0 N–H and O–H groups in total. The van der Waals surface area contributed by atoms with Gasteiger partial charge in [-0.3, -0.25) is 0 Å². The van der Waals surface area contributed by atoms with Crippen LogP contribution in [0.4, 0.5) is 0 Å². The van der Waals surface area contributed by atoms with Gasteiger partial charge in [0, 0.05) is 0 Å². The van der Waals surface area contributed by atoms with Crippen molar-refractivity contribution in [3.05, 3.63) is 22.3 Å². The predicted octanol–water partition coefficient (Wildman–Crippen LogP) is 3.71. The van der Waals surface area contributed by atoms with Crippen molar-refractivity contribution in [3.63, 3.8) is 0 Å². The van der Waals surface area contributed by atoms with Gasteiger partial charge in [0.15, 0.2) is 0 Å². The summed E-state index contributed by atoms with van der Waals surface area (Å²) < 4.78 is 1.76. The van der Waals surface area contributed by atoms with Gasteiger partial charge in [-0.1, -0.05) is 0 Å². The maximum atomic E-state index is 2.48. The van der Waals surface area contributed by atoms with Crippen LogP contribution in [0.3, 0.4) is 0 Å². The molecule has 0 radical (unpaired) electrons. The summed E-state index contributed by atoms with van der Waals surface area (Å²) in [5.41, 5.74) is 0. The van der Waals surface area contributed by atoms with Crippen molar-refractivity contribution < 1.29 is 16.8 Å². The minimum absolute atomic E-state index is 0.278. The first-order valence-corrected chi connectivity index (χ1v) is 7.88. The van der Waals surface area contributed by atoms with Crippen molar-refractivity contribution in [2.45, 2.75) is 36.5 Å². The van der Waals surface area contributed by atoms with Crippen LogP contribution in [-0.4, -0.2) is 0 Å². The molecule has 0 aromatic carbocycles. The van der Waals surface area contributed by atoms with Crippen LogP contribution in [0.1, 0.15) is 25.7 Å². The van der Waals surface area contributed by atoms with Crippen LogP contribution in [0.25, 0.3) is 0 Å². The second kappa shape index (κ2) is 4.91. The van der Waals surface area contributed by atoms with Crippen LogP contribution in [0, 0.1) is 0 Å². The summed E-state index contributed by atoms with van der Waals surface area (Å²) in [7, 11) is 0. The summed E-state index contributed by atoms with van der Waals surface area (Å²) >= 11 is -0.278. The second-order valence-corrected chi connectivity index (χ2v) is 6.94. The fourth-order valence-electron chi connectivity index (χ4n) is 1.16. The van der Waals surface area contributed by atoms with E-state index in [2.05, 4.69) is 29.0 Å². The van der Waals surface area contributed by atoms with Gasteiger partial charge in [0.1, 0.15) is 0 Å². The van der Waals surface area contributed by atoms with Crippen molar-refractivity contribution >= 4 is 0 Å². The fourth-order valence-corrected chi connectivity index (χ4v) is 3.03. The van der Waals surface area contributed by atoms with Crippen LogP contribution in [0.5, 0.6) is 0 Å². The minimum atomic E-state index is -0.278. The van der Waals surface area contributed by atoms with E-state index in [9.17, 15) is 0 Å². The number of hydrogen-bond acceptors (Lipinski definition) is 0. The Balaban J connectivity index is 2.50. The van der Waals surface area contributed by atoms with Gasteiger partial charge >= 0.3 is 75.5 Å². The molecule has 0 spiro atoms. The van der Waals surface area contributed by atoms with Gasteiger partial charge in [-0.05, 0) is 0 Å². The van der Waals surface area contributed by atoms with E-state index in [1.165, 1.54) is 25.7 Å². The Labute approximate surface area is 75.7 Å². The predicted molar refractivity (Wildman–Crippen MR) is 47.4 cm³/mol. The molecule has 0 aromatic heterocycles. The Morgan fingerprint density at radius 1 is 1.09 bits per heavy atom. The quantitative estimate of drug-likeness (QED) is 0.486.